The summed E-state index contributed by atoms with van der Waals surface area (Å²) in [7, 11) is -3.34. The first kappa shape index (κ1) is 30.9. The van der Waals surface area contributed by atoms with Crippen LogP contribution in [0.25, 0.3) is 16.9 Å². The fourth-order valence-electron chi connectivity index (χ4n) is 5.25. The maximum absolute atomic E-state index is 14.0. The van der Waals surface area contributed by atoms with Crippen molar-refractivity contribution in [1.29, 1.82) is 0 Å². The Bertz CT molecular complexity index is 1430. The molecule has 3 aromatic rings. The number of nitrogens with one attached hydrogen (secondary N) is 1. The van der Waals surface area contributed by atoms with Crippen molar-refractivity contribution in [1.82, 2.24) is 14.2 Å². The van der Waals surface area contributed by atoms with Crippen LogP contribution in [0.15, 0.2) is 48.5 Å². The van der Waals surface area contributed by atoms with Crippen LogP contribution in [-0.2, 0) is 16.4 Å². The molecular weight excluding hydrogens is 593 g/mol. The minimum atomic E-state index is -3.34. The molecule has 1 fully saturated rings. The lowest BCUT2D eigenvalue weighted by Gasteiger charge is -2.32. The lowest BCUT2D eigenvalue weighted by atomic mass is 9.92. The second-order valence-electron chi connectivity index (χ2n) is 10.2. The zero-order valence-corrected chi connectivity index (χ0v) is 25.5. The lowest BCUT2D eigenvalue weighted by molar-refractivity contribution is 0.0682. The molecule has 1 aliphatic heterocycles. The Kier molecular flexibility index (Phi) is 10.6. The van der Waals surface area contributed by atoms with Gasteiger partial charge in [-0.1, -0.05) is 34.8 Å². The number of aromatic nitrogens is 1. The number of aliphatic hydroxyl groups is 1. The van der Waals surface area contributed by atoms with Crippen LogP contribution in [0, 0.1) is 5.92 Å². The van der Waals surface area contributed by atoms with Gasteiger partial charge < -0.3 is 14.6 Å². The van der Waals surface area contributed by atoms with Crippen LogP contribution in [0.4, 0.5) is 0 Å². The fourth-order valence-corrected chi connectivity index (χ4v) is 6.40. The highest BCUT2D eigenvalue weighted by atomic mass is 35.5. The summed E-state index contributed by atoms with van der Waals surface area (Å²) >= 11 is 19.1. The Morgan fingerprint density at radius 1 is 1.00 bits per heavy atom. The van der Waals surface area contributed by atoms with Gasteiger partial charge in [-0.3, -0.25) is 4.79 Å². The normalized spacial score (nSPS) is 14.6. The molecule has 0 bridgehead atoms. The number of aliphatic hydroxyl groups excluding tert-OH is 1. The quantitative estimate of drug-likeness (QED) is 0.248. The number of rotatable bonds is 11. The van der Waals surface area contributed by atoms with Gasteiger partial charge in [0, 0.05) is 53.2 Å². The van der Waals surface area contributed by atoms with Crippen molar-refractivity contribution in [3.05, 3.63) is 74.9 Å². The highest BCUT2D eigenvalue weighted by Gasteiger charge is 2.29. The topological polar surface area (TPSA) is 91.6 Å². The number of nitrogens with zero attached hydrogens (tertiary/aromatic N) is 2. The Morgan fingerprint density at radius 2 is 1.68 bits per heavy atom. The molecule has 0 unspecified atom stereocenters. The van der Waals surface area contributed by atoms with Crippen molar-refractivity contribution in [2.45, 2.75) is 38.5 Å². The molecule has 40 heavy (non-hydrogen) atoms. The predicted molar refractivity (Wildman–Crippen MR) is 162 cm³/mol. The summed E-state index contributed by atoms with van der Waals surface area (Å²) in [5.74, 6) is 0.436. The van der Waals surface area contributed by atoms with E-state index in [0.29, 0.717) is 52.5 Å². The third-order valence-corrected chi connectivity index (χ3v) is 8.78. The Labute approximate surface area is 251 Å². The molecule has 0 saturated carbocycles. The van der Waals surface area contributed by atoms with Gasteiger partial charge in [0.2, 0.25) is 10.0 Å². The average molecular weight is 627 g/mol. The average Bonchev–Trinajstić information content (AvgIpc) is 3.28. The van der Waals surface area contributed by atoms with Gasteiger partial charge in [-0.05, 0) is 93.0 Å². The minimum Gasteiger partial charge on any atom is -0.396 e. The van der Waals surface area contributed by atoms with Crippen LogP contribution in [0.3, 0.4) is 0 Å². The van der Waals surface area contributed by atoms with E-state index in [1.165, 1.54) is 0 Å². The summed E-state index contributed by atoms with van der Waals surface area (Å²) in [4.78, 5) is 15.9. The largest absolute Gasteiger partial charge is 0.396 e. The van der Waals surface area contributed by atoms with Crippen LogP contribution >= 0.6 is 34.8 Å². The van der Waals surface area contributed by atoms with Crippen molar-refractivity contribution >= 4 is 50.7 Å². The molecule has 1 saturated heterocycles. The molecule has 2 heterocycles. The van der Waals surface area contributed by atoms with Crippen LogP contribution in [0.5, 0.6) is 0 Å². The summed E-state index contributed by atoms with van der Waals surface area (Å²) in [6.45, 7) is 1.72. The SMILES string of the molecule is CS(=O)(=O)NCCCc1c(C(=O)N2CCC(CCCO)CC2)cc(-c2ccc(Cl)cc2Cl)n1-c1ccc(Cl)cc1. The van der Waals surface area contributed by atoms with E-state index >= 15 is 0 Å². The van der Waals surface area contributed by atoms with Crippen LogP contribution in [-0.4, -0.2) is 61.4 Å². The Morgan fingerprint density at radius 3 is 2.30 bits per heavy atom. The van der Waals surface area contributed by atoms with Gasteiger partial charge in [-0.25, -0.2) is 13.1 Å². The molecule has 1 aromatic heterocycles. The van der Waals surface area contributed by atoms with E-state index in [1.54, 1.807) is 24.3 Å². The van der Waals surface area contributed by atoms with E-state index in [4.69, 9.17) is 34.8 Å². The summed E-state index contributed by atoms with van der Waals surface area (Å²) in [5.41, 5.74) is 3.59. The maximum atomic E-state index is 14.0. The first-order valence-corrected chi connectivity index (χ1v) is 16.4. The molecule has 2 aromatic carbocycles. The molecule has 0 spiro atoms. The van der Waals surface area contributed by atoms with E-state index in [1.807, 2.05) is 33.7 Å². The van der Waals surface area contributed by atoms with Gasteiger partial charge in [-0.2, -0.15) is 0 Å². The predicted octanol–water partition coefficient (Wildman–Crippen LogP) is 6.21. The summed E-state index contributed by atoms with van der Waals surface area (Å²) in [6.07, 6.45) is 5.60. The lowest BCUT2D eigenvalue weighted by Crippen LogP contribution is -2.38. The third kappa shape index (κ3) is 7.81. The first-order chi connectivity index (χ1) is 19.1. The van der Waals surface area contributed by atoms with Gasteiger partial charge in [-0.15, -0.1) is 0 Å². The molecule has 1 aliphatic rings. The second-order valence-corrected chi connectivity index (χ2v) is 13.3. The number of piperidine rings is 1. The Balaban J connectivity index is 1.77. The third-order valence-electron chi connectivity index (χ3n) is 7.25. The molecule has 216 valence electrons. The zero-order valence-electron chi connectivity index (χ0n) is 22.4. The molecule has 11 heteroatoms. The van der Waals surface area contributed by atoms with E-state index in [-0.39, 0.29) is 19.1 Å². The number of likely N-dealkylation sites (tertiary alicyclic amines) is 1. The Hall–Kier alpha value is -2.07. The first-order valence-electron chi connectivity index (χ1n) is 13.4. The maximum Gasteiger partial charge on any atom is 0.255 e. The smallest absolute Gasteiger partial charge is 0.255 e. The monoisotopic (exact) mass is 625 g/mol. The summed E-state index contributed by atoms with van der Waals surface area (Å²) < 4.78 is 27.9. The van der Waals surface area contributed by atoms with Crippen LogP contribution in [0.1, 0.15) is 48.2 Å². The van der Waals surface area contributed by atoms with E-state index in [0.717, 1.165) is 54.6 Å². The van der Waals surface area contributed by atoms with E-state index in [2.05, 4.69) is 4.72 Å². The number of sulfonamides is 1. The van der Waals surface area contributed by atoms with E-state index < -0.39 is 10.0 Å². The number of benzene rings is 2. The molecule has 0 atom stereocenters. The number of carbonyl (C=O) groups is 1. The number of hydrogen-bond donors (Lipinski definition) is 2. The van der Waals surface area contributed by atoms with Crippen molar-refractivity contribution in [2.75, 3.05) is 32.5 Å². The number of hydrogen-bond acceptors (Lipinski definition) is 4. The van der Waals surface area contributed by atoms with Gasteiger partial charge in [0.05, 0.1) is 22.5 Å². The molecular formula is C29H34Cl3N3O4S. The highest BCUT2D eigenvalue weighted by molar-refractivity contribution is 7.88. The number of amides is 1. The van der Waals surface area contributed by atoms with Crippen LogP contribution in [0.2, 0.25) is 15.1 Å². The highest BCUT2D eigenvalue weighted by Crippen LogP contribution is 2.37. The fraction of sp³-hybridized carbons (Fsp3) is 0.414. The number of halogens is 3. The molecule has 0 radical (unpaired) electrons. The molecule has 1 amide bonds. The molecule has 0 aliphatic carbocycles. The van der Waals surface area contributed by atoms with Crippen molar-refractivity contribution in [3.8, 4) is 16.9 Å². The molecule has 4 rings (SSSR count). The van der Waals surface area contributed by atoms with Gasteiger partial charge >= 0.3 is 0 Å². The van der Waals surface area contributed by atoms with Gasteiger partial charge in [0.15, 0.2) is 0 Å². The van der Waals surface area contributed by atoms with Crippen molar-refractivity contribution in [2.24, 2.45) is 5.92 Å². The summed E-state index contributed by atoms with van der Waals surface area (Å²) in [6, 6.07) is 14.5. The zero-order chi connectivity index (χ0) is 28.9. The molecule has 2 N–H and O–H groups in total. The standard InChI is InChI=1S/C29H34Cl3N3O4S/c1-40(38,39)33-14-2-5-27-25(29(37)34-15-12-20(13-16-34)4-3-17-36)19-28(24-11-8-22(31)18-26(24)32)35(27)23-9-6-21(30)7-10-23/h6-11,18-20,33,36H,2-5,12-17H2,1H3. The van der Waals surface area contributed by atoms with E-state index in [9.17, 15) is 18.3 Å². The van der Waals surface area contributed by atoms with Gasteiger partial charge in [0.1, 0.15) is 0 Å². The minimum absolute atomic E-state index is 0.0641. The number of carbonyl (C=O) groups excluding carboxylic acids is 1. The summed E-state index contributed by atoms with van der Waals surface area (Å²) in [5, 5.41) is 10.7. The van der Waals surface area contributed by atoms with Crippen molar-refractivity contribution in [3.63, 3.8) is 0 Å². The molecule has 7 nitrogen and oxygen atoms in total. The second kappa shape index (κ2) is 13.7. The van der Waals surface area contributed by atoms with Crippen LogP contribution < -0.4 is 4.72 Å². The van der Waals surface area contributed by atoms with Crippen molar-refractivity contribution < 1.29 is 18.3 Å². The van der Waals surface area contributed by atoms with Gasteiger partial charge in [0.25, 0.3) is 5.91 Å².